The molecule has 0 spiro atoms. The minimum atomic E-state index is -0.350. The largest absolute Gasteiger partial charge is 0.342 e. The van der Waals surface area contributed by atoms with Crippen LogP contribution in [-0.2, 0) is 14.4 Å². The highest BCUT2D eigenvalue weighted by atomic mass is 16.2. The number of carbonyl (C=O) groups is 4. The second-order valence-corrected chi connectivity index (χ2v) is 8.15. The molecule has 1 N–H and O–H groups in total. The Balaban J connectivity index is 1.37. The van der Waals surface area contributed by atoms with E-state index in [1.165, 1.54) is 10.5 Å². The molecule has 0 radical (unpaired) electrons. The molecule has 8 nitrogen and oxygen atoms in total. The molecule has 5 amide bonds. The lowest BCUT2D eigenvalue weighted by atomic mass is 10.0. The molecule has 1 atom stereocenters. The average Bonchev–Trinajstić information content (AvgIpc) is 3.26. The molecule has 0 aromatic heterocycles. The molecule has 29 heavy (non-hydrogen) atoms. The number of rotatable bonds is 3. The molecule has 1 aromatic rings. The Morgan fingerprint density at radius 3 is 2.38 bits per heavy atom. The van der Waals surface area contributed by atoms with Gasteiger partial charge >= 0.3 is 6.03 Å². The number of aryl methyl sites for hydroxylation is 2. The fourth-order valence-corrected chi connectivity index (χ4v) is 4.42. The number of imide groups is 1. The zero-order valence-electron chi connectivity index (χ0n) is 16.8. The summed E-state index contributed by atoms with van der Waals surface area (Å²) in [7, 11) is 0. The molecule has 4 rings (SSSR count). The van der Waals surface area contributed by atoms with Crippen LogP contribution >= 0.6 is 0 Å². The summed E-state index contributed by atoms with van der Waals surface area (Å²) >= 11 is 0. The van der Waals surface area contributed by atoms with Crippen LogP contribution < -0.4 is 10.2 Å². The molecule has 3 fully saturated rings. The summed E-state index contributed by atoms with van der Waals surface area (Å²) in [6.07, 6.45) is 1.37. The van der Waals surface area contributed by atoms with Crippen LogP contribution in [0.4, 0.5) is 10.5 Å². The van der Waals surface area contributed by atoms with Crippen LogP contribution in [0.5, 0.6) is 0 Å². The van der Waals surface area contributed by atoms with Gasteiger partial charge in [-0.1, -0.05) is 6.07 Å². The Morgan fingerprint density at radius 1 is 1.03 bits per heavy atom. The maximum Gasteiger partial charge on any atom is 0.324 e. The Hall–Kier alpha value is -2.90. The van der Waals surface area contributed by atoms with E-state index in [9.17, 15) is 19.2 Å². The molecule has 3 aliphatic heterocycles. The number of amides is 5. The average molecular weight is 398 g/mol. The third-order valence-corrected chi connectivity index (χ3v) is 6.30. The first-order valence-electron chi connectivity index (χ1n) is 10.1. The minimum Gasteiger partial charge on any atom is -0.342 e. The highest BCUT2D eigenvalue weighted by Crippen LogP contribution is 2.29. The third-order valence-electron chi connectivity index (χ3n) is 6.30. The van der Waals surface area contributed by atoms with Gasteiger partial charge in [-0.25, -0.2) is 4.79 Å². The van der Waals surface area contributed by atoms with Gasteiger partial charge in [-0.05, 0) is 49.9 Å². The molecular weight excluding hydrogens is 372 g/mol. The van der Waals surface area contributed by atoms with E-state index >= 15 is 0 Å². The van der Waals surface area contributed by atoms with Crippen molar-refractivity contribution in [1.29, 1.82) is 0 Å². The van der Waals surface area contributed by atoms with E-state index in [0.29, 0.717) is 32.5 Å². The second-order valence-electron chi connectivity index (χ2n) is 8.15. The number of anilines is 1. The van der Waals surface area contributed by atoms with Gasteiger partial charge in [0.2, 0.25) is 17.7 Å². The quantitative estimate of drug-likeness (QED) is 0.775. The van der Waals surface area contributed by atoms with Crippen molar-refractivity contribution in [2.24, 2.45) is 5.92 Å². The van der Waals surface area contributed by atoms with Crippen LogP contribution in [0.1, 0.15) is 30.4 Å². The standard InChI is InChI=1S/C21H26N4O4/c1-13-3-4-17(9-14(13)2)24-12-15(10-18(24)26)20(28)23-7-5-16(6-8-23)25-19(27)11-22-21(25)29/h3-4,9,15-16H,5-8,10-12H2,1-2H3,(H,22,29). The Kier molecular flexibility index (Phi) is 5.02. The van der Waals surface area contributed by atoms with Crippen molar-refractivity contribution in [3.05, 3.63) is 29.3 Å². The van der Waals surface area contributed by atoms with Crippen molar-refractivity contribution in [2.75, 3.05) is 31.1 Å². The lowest BCUT2D eigenvalue weighted by Gasteiger charge is -2.36. The fraction of sp³-hybridized carbons (Fsp3) is 0.524. The van der Waals surface area contributed by atoms with Gasteiger partial charge in [-0.3, -0.25) is 19.3 Å². The number of nitrogens with zero attached hydrogens (tertiary/aromatic N) is 3. The molecule has 1 aromatic carbocycles. The summed E-state index contributed by atoms with van der Waals surface area (Å²) in [5.74, 6) is -0.594. The summed E-state index contributed by atoms with van der Waals surface area (Å²) in [6, 6.07) is 5.41. The van der Waals surface area contributed by atoms with Crippen molar-refractivity contribution in [3.8, 4) is 0 Å². The van der Waals surface area contributed by atoms with Gasteiger partial charge in [0, 0.05) is 37.8 Å². The van der Waals surface area contributed by atoms with Gasteiger partial charge in [0.05, 0.1) is 12.5 Å². The van der Waals surface area contributed by atoms with Crippen LogP contribution in [0.2, 0.25) is 0 Å². The number of benzene rings is 1. The van der Waals surface area contributed by atoms with Crippen molar-refractivity contribution in [2.45, 2.75) is 39.2 Å². The Bertz CT molecular complexity index is 859. The SMILES string of the molecule is Cc1ccc(N2CC(C(=O)N3CCC(N4C(=O)CNC4=O)CC3)CC2=O)cc1C. The Labute approximate surface area is 169 Å². The van der Waals surface area contributed by atoms with E-state index in [2.05, 4.69) is 5.32 Å². The highest BCUT2D eigenvalue weighted by Gasteiger charge is 2.41. The van der Waals surface area contributed by atoms with E-state index in [4.69, 9.17) is 0 Å². The first-order chi connectivity index (χ1) is 13.8. The van der Waals surface area contributed by atoms with Crippen molar-refractivity contribution in [3.63, 3.8) is 0 Å². The number of likely N-dealkylation sites (tertiary alicyclic amines) is 1. The first kappa shape index (κ1) is 19.4. The summed E-state index contributed by atoms with van der Waals surface area (Å²) in [5.41, 5.74) is 3.12. The van der Waals surface area contributed by atoms with Crippen molar-refractivity contribution < 1.29 is 19.2 Å². The number of carbonyl (C=O) groups excluding carboxylic acids is 4. The van der Waals surface area contributed by atoms with Crippen LogP contribution in [0.15, 0.2) is 18.2 Å². The van der Waals surface area contributed by atoms with E-state index in [1.807, 2.05) is 32.0 Å². The van der Waals surface area contributed by atoms with Gasteiger partial charge in [0.1, 0.15) is 0 Å². The van der Waals surface area contributed by atoms with Gasteiger partial charge in [-0.2, -0.15) is 0 Å². The van der Waals surface area contributed by atoms with Crippen molar-refractivity contribution in [1.82, 2.24) is 15.1 Å². The predicted octanol–water partition coefficient (Wildman–Crippen LogP) is 1.20. The minimum absolute atomic E-state index is 0.0136. The molecule has 1 unspecified atom stereocenters. The maximum absolute atomic E-state index is 13.0. The summed E-state index contributed by atoms with van der Waals surface area (Å²) < 4.78 is 0. The molecule has 3 saturated heterocycles. The molecule has 0 saturated carbocycles. The lowest BCUT2D eigenvalue weighted by Crippen LogP contribution is -2.50. The van der Waals surface area contributed by atoms with Gasteiger partial charge < -0.3 is 15.1 Å². The van der Waals surface area contributed by atoms with Crippen molar-refractivity contribution >= 4 is 29.4 Å². The molecule has 0 aliphatic carbocycles. The maximum atomic E-state index is 13.0. The van der Waals surface area contributed by atoms with E-state index in [1.54, 1.807) is 9.80 Å². The summed E-state index contributed by atoms with van der Waals surface area (Å²) in [4.78, 5) is 54.0. The molecule has 0 bridgehead atoms. The van der Waals surface area contributed by atoms with E-state index in [0.717, 1.165) is 11.3 Å². The first-order valence-corrected chi connectivity index (χ1v) is 10.1. The number of nitrogens with one attached hydrogen (secondary N) is 1. The monoisotopic (exact) mass is 398 g/mol. The van der Waals surface area contributed by atoms with Gasteiger partial charge in [0.25, 0.3) is 0 Å². The zero-order chi connectivity index (χ0) is 20.7. The van der Waals surface area contributed by atoms with Crippen LogP contribution in [0, 0.1) is 19.8 Å². The predicted molar refractivity (Wildman–Crippen MR) is 106 cm³/mol. The second kappa shape index (κ2) is 7.50. The third kappa shape index (κ3) is 3.59. The Morgan fingerprint density at radius 2 is 1.76 bits per heavy atom. The van der Waals surface area contributed by atoms with Crippen LogP contribution in [-0.4, -0.2) is 65.8 Å². The van der Waals surface area contributed by atoms with Gasteiger partial charge in [-0.15, -0.1) is 0 Å². The van der Waals surface area contributed by atoms with Crippen LogP contribution in [0.3, 0.4) is 0 Å². The number of hydrogen-bond acceptors (Lipinski definition) is 4. The summed E-state index contributed by atoms with van der Waals surface area (Å²) in [6.45, 7) is 5.48. The normalized spacial score (nSPS) is 23.2. The van der Waals surface area contributed by atoms with Gasteiger partial charge in [0.15, 0.2) is 0 Å². The lowest BCUT2D eigenvalue weighted by molar-refractivity contribution is -0.137. The summed E-state index contributed by atoms with van der Waals surface area (Å²) in [5, 5.41) is 2.54. The molecule has 3 aliphatic rings. The molecule has 8 heteroatoms. The van der Waals surface area contributed by atoms with E-state index < -0.39 is 0 Å². The topological polar surface area (TPSA) is 90.0 Å². The number of urea groups is 1. The molecule has 3 heterocycles. The van der Waals surface area contributed by atoms with E-state index in [-0.39, 0.29) is 48.7 Å². The number of piperidine rings is 1. The molecular formula is C21H26N4O4. The number of hydrogen-bond donors (Lipinski definition) is 1. The zero-order valence-corrected chi connectivity index (χ0v) is 16.8. The fourth-order valence-electron chi connectivity index (χ4n) is 4.42. The van der Waals surface area contributed by atoms with Crippen LogP contribution in [0.25, 0.3) is 0 Å². The molecule has 154 valence electrons. The highest BCUT2D eigenvalue weighted by molar-refractivity contribution is 6.02. The smallest absolute Gasteiger partial charge is 0.324 e.